The van der Waals surface area contributed by atoms with E-state index in [1.807, 2.05) is 24.3 Å². The van der Waals surface area contributed by atoms with E-state index in [9.17, 15) is 8.42 Å². The summed E-state index contributed by atoms with van der Waals surface area (Å²) in [6.07, 6.45) is 1.28. The lowest BCUT2D eigenvalue weighted by atomic mass is 10.0. The van der Waals surface area contributed by atoms with E-state index in [4.69, 9.17) is 4.74 Å². The van der Waals surface area contributed by atoms with E-state index in [0.29, 0.717) is 19.7 Å². The van der Waals surface area contributed by atoms with Crippen LogP contribution in [0.15, 0.2) is 48.5 Å². The Bertz CT molecular complexity index is 825. The van der Waals surface area contributed by atoms with Gasteiger partial charge in [-0.2, -0.15) is 18.2 Å². The third-order valence-electron chi connectivity index (χ3n) is 4.19. The van der Waals surface area contributed by atoms with Gasteiger partial charge >= 0.3 is 0 Å². The third kappa shape index (κ3) is 4.75. The van der Waals surface area contributed by atoms with Gasteiger partial charge in [0.15, 0.2) is 6.73 Å². The van der Waals surface area contributed by atoms with Crippen LogP contribution in [0, 0.1) is 0 Å². The molecule has 0 spiro atoms. The molecule has 1 aliphatic rings. The Labute approximate surface area is 154 Å². The van der Waals surface area contributed by atoms with E-state index in [2.05, 4.69) is 38.9 Å². The SMILES string of the molecule is CCNOS(=O)(=O)CCCCN1COc2ccc(-c3ccccc3)cc21. The van der Waals surface area contributed by atoms with E-state index in [0.717, 1.165) is 35.5 Å². The Balaban J connectivity index is 1.58. The highest BCUT2D eigenvalue weighted by Crippen LogP contribution is 2.37. The molecule has 1 aliphatic heterocycles. The first-order valence-electron chi connectivity index (χ1n) is 8.80. The summed E-state index contributed by atoms with van der Waals surface area (Å²) in [5, 5.41) is 0. The van der Waals surface area contributed by atoms with Crippen LogP contribution in [-0.2, 0) is 14.4 Å². The average molecular weight is 376 g/mol. The van der Waals surface area contributed by atoms with Gasteiger partial charge in [0, 0.05) is 13.1 Å². The van der Waals surface area contributed by atoms with E-state index < -0.39 is 10.1 Å². The van der Waals surface area contributed by atoms with Gasteiger partial charge in [-0.1, -0.05) is 43.3 Å². The van der Waals surface area contributed by atoms with E-state index in [1.165, 1.54) is 0 Å². The van der Waals surface area contributed by atoms with Crippen molar-refractivity contribution in [2.75, 3.05) is 30.5 Å². The molecule has 0 aliphatic carbocycles. The highest BCUT2D eigenvalue weighted by molar-refractivity contribution is 7.86. The van der Waals surface area contributed by atoms with Crippen molar-refractivity contribution in [1.82, 2.24) is 5.48 Å². The maximum atomic E-state index is 11.7. The molecule has 0 radical (unpaired) electrons. The number of hydrogen-bond donors (Lipinski definition) is 1. The summed E-state index contributed by atoms with van der Waals surface area (Å²) in [7, 11) is -3.50. The van der Waals surface area contributed by atoms with Crippen molar-refractivity contribution in [2.24, 2.45) is 0 Å². The van der Waals surface area contributed by atoms with Gasteiger partial charge in [0.2, 0.25) is 0 Å². The third-order valence-corrected chi connectivity index (χ3v) is 5.35. The van der Waals surface area contributed by atoms with Gasteiger partial charge in [-0.3, -0.25) is 0 Å². The van der Waals surface area contributed by atoms with Crippen molar-refractivity contribution in [1.29, 1.82) is 0 Å². The van der Waals surface area contributed by atoms with Crippen LogP contribution in [0.4, 0.5) is 5.69 Å². The molecule has 0 fully saturated rings. The van der Waals surface area contributed by atoms with Crippen molar-refractivity contribution < 1.29 is 17.4 Å². The molecule has 0 unspecified atom stereocenters. The zero-order chi connectivity index (χ0) is 18.4. The van der Waals surface area contributed by atoms with Crippen LogP contribution in [-0.4, -0.2) is 34.0 Å². The molecule has 2 aromatic carbocycles. The maximum Gasteiger partial charge on any atom is 0.283 e. The number of nitrogens with one attached hydrogen (secondary N) is 1. The molecule has 0 amide bonds. The van der Waals surface area contributed by atoms with Crippen molar-refractivity contribution >= 4 is 15.8 Å². The number of fused-ring (bicyclic) bond motifs is 1. The first-order valence-corrected chi connectivity index (χ1v) is 10.4. The topological polar surface area (TPSA) is 67.9 Å². The zero-order valence-electron chi connectivity index (χ0n) is 14.8. The highest BCUT2D eigenvalue weighted by atomic mass is 32.2. The lowest BCUT2D eigenvalue weighted by Gasteiger charge is -2.17. The molecule has 7 heteroatoms. The summed E-state index contributed by atoms with van der Waals surface area (Å²) in [6, 6.07) is 16.4. The number of hydroxylamine groups is 1. The van der Waals surface area contributed by atoms with E-state index >= 15 is 0 Å². The van der Waals surface area contributed by atoms with Crippen LogP contribution in [0.2, 0.25) is 0 Å². The van der Waals surface area contributed by atoms with Gasteiger partial charge in [0.25, 0.3) is 10.1 Å². The van der Waals surface area contributed by atoms with Crippen molar-refractivity contribution in [3.63, 3.8) is 0 Å². The number of unbranched alkanes of at least 4 members (excludes halogenated alkanes) is 1. The molecular weight excluding hydrogens is 352 g/mol. The van der Waals surface area contributed by atoms with Crippen molar-refractivity contribution in [2.45, 2.75) is 19.8 Å². The summed E-state index contributed by atoms with van der Waals surface area (Å²) in [5.74, 6) is 0.874. The summed E-state index contributed by atoms with van der Waals surface area (Å²) in [6.45, 7) is 3.46. The van der Waals surface area contributed by atoms with Gasteiger partial charge in [-0.25, -0.2) is 0 Å². The molecule has 1 heterocycles. The summed E-state index contributed by atoms with van der Waals surface area (Å²) >= 11 is 0. The number of ether oxygens (including phenoxy) is 1. The fraction of sp³-hybridized carbons (Fsp3) is 0.368. The predicted octanol–water partition coefficient (Wildman–Crippen LogP) is 3.16. The van der Waals surface area contributed by atoms with Gasteiger partial charge in [0.1, 0.15) is 5.75 Å². The molecule has 2 aromatic rings. The molecule has 0 saturated carbocycles. The molecule has 0 saturated heterocycles. The largest absolute Gasteiger partial charge is 0.471 e. The number of rotatable bonds is 9. The van der Waals surface area contributed by atoms with E-state index in [1.54, 1.807) is 6.92 Å². The maximum absolute atomic E-state index is 11.7. The molecule has 0 bridgehead atoms. The molecule has 6 nitrogen and oxygen atoms in total. The van der Waals surface area contributed by atoms with E-state index in [-0.39, 0.29) is 5.75 Å². The number of benzene rings is 2. The van der Waals surface area contributed by atoms with Gasteiger partial charge in [0.05, 0.1) is 11.4 Å². The summed E-state index contributed by atoms with van der Waals surface area (Å²) in [5.41, 5.74) is 5.74. The van der Waals surface area contributed by atoms with Gasteiger partial charge < -0.3 is 9.64 Å². The molecule has 3 rings (SSSR count). The highest BCUT2D eigenvalue weighted by Gasteiger charge is 2.21. The Kier molecular flexibility index (Phi) is 6.13. The standard InChI is InChI=1S/C19H24N2O4S/c1-2-20-25-26(22,23)13-7-6-12-21-15-24-19-11-10-17(14-18(19)21)16-8-4-3-5-9-16/h3-5,8-11,14,20H,2,6-7,12-13,15H2,1H3. The monoisotopic (exact) mass is 376 g/mol. The smallest absolute Gasteiger partial charge is 0.283 e. The Morgan fingerprint density at radius 2 is 1.92 bits per heavy atom. The van der Waals surface area contributed by atoms with Crippen molar-refractivity contribution in [3.05, 3.63) is 48.5 Å². The average Bonchev–Trinajstić information content (AvgIpc) is 3.07. The summed E-state index contributed by atoms with van der Waals surface area (Å²) in [4.78, 5) is 2.14. The van der Waals surface area contributed by atoms with Crippen LogP contribution < -0.4 is 15.1 Å². The number of hydrogen-bond acceptors (Lipinski definition) is 6. The van der Waals surface area contributed by atoms with Crippen LogP contribution in [0.5, 0.6) is 5.75 Å². The Morgan fingerprint density at radius 3 is 2.69 bits per heavy atom. The number of nitrogens with zero attached hydrogens (tertiary/aromatic N) is 1. The molecule has 140 valence electrons. The van der Waals surface area contributed by atoms with Crippen LogP contribution in [0.25, 0.3) is 11.1 Å². The minimum atomic E-state index is -3.50. The van der Waals surface area contributed by atoms with Gasteiger partial charge in [-0.15, -0.1) is 0 Å². The van der Waals surface area contributed by atoms with Gasteiger partial charge in [-0.05, 0) is 36.1 Å². The van der Waals surface area contributed by atoms with Crippen molar-refractivity contribution in [3.8, 4) is 16.9 Å². The fourth-order valence-electron chi connectivity index (χ4n) is 2.87. The molecule has 0 atom stereocenters. The first kappa shape index (κ1) is 18.7. The lowest BCUT2D eigenvalue weighted by molar-refractivity contribution is 0.210. The quantitative estimate of drug-likeness (QED) is 0.536. The summed E-state index contributed by atoms with van der Waals surface area (Å²) < 4.78 is 33.7. The number of anilines is 1. The Hall–Kier alpha value is -2.09. The van der Waals surface area contributed by atoms with Crippen LogP contribution >= 0.6 is 0 Å². The second kappa shape index (κ2) is 8.53. The molecule has 1 N–H and O–H groups in total. The van der Waals surface area contributed by atoms with Crippen LogP contribution in [0.1, 0.15) is 19.8 Å². The molecular formula is C19H24N2O4S. The minimum Gasteiger partial charge on any atom is -0.471 e. The second-order valence-electron chi connectivity index (χ2n) is 6.14. The zero-order valence-corrected chi connectivity index (χ0v) is 15.7. The normalized spacial score (nSPS) is 13.5. The molecule has 26 heavy (non-hydrogen) atoms. The first-order chi connectivity index (χ1) is 12.6. The minimum absolute atomic E-state index is 0.00556. The fourth-order valence-corrected chi connectivity index (χ4v) is 3.81. The second-order valence-corrected chi connectivity index (χ2v) is 7.83. The lowest BCUT2D eigenvalue weighted by Crippen LogP contribution is -2.25. The van der Waals surface area contributed by atoms with Crippen LogP contribution in [0.3, 0.4) is 0 Å². The molecule has 0 aromatic heterocycles. The Morgan fingerprint density at radius 1 is 1.12 bits per heavy atom. The predicted molar refractivity (Wildman–Crippen MR) is 103 cm³/mol.